The zero-order valence-corrected chi connectivity index (χ0v) is 12.3. The van der Waals surface area contributed by atoms with Crippen molar-refractivity contribution in [1.29, 1.82) is 0 Å². The minimum Gasteiger partial charge on any atom is -0.299 e. The molecule has 2 fully saturated rings. The molecule has 94 valence electrons. The second kappa shape index (κ2) is 4.44. The molecule has 0 heterocycles. The Balaban J connectivity index is 2.00. The number of carbonyl (C=O) groups is 2. The standard InChI is InChI=1S/C15H15IO2/c16-12-6-2-1-5-10(12)11-9-13(17)15(14(11)18)7-3-4-8-15/h1-2,5-6,11H,3-4,7-9H2. The lowest BCUT2D eigenvalue weighted by molar-refractivity contribution is -0.134. The zero-order chi connectivity index (χ0) is 12.8. The lowest BCUT2D eigenvalue weighted by atomic mass is 9.81. The normalized spacial score (nSPS) is 26.2. The first-order chi connectivity index (χ1) is 8.65. The fourth-order valence-corrected chi connectivity index (χ4v) is 4.22. The summed E-state index contributed by atoms with van der Waals surface area (Å²) < 4.78 is 1.09. The van der Waals surface area contributed by atoms with Crippen molar-refractivity contribution in [1.82, 2.24) is 0 Å². The van der Waals surface area contributed by atoms with Crippen molar-refractivity contribution in [3.8, 4) is 0 Å². The molecule has 1 atom stereocenters. The van der Waals surface area contributed by atoms with Gasteiger partial charge in [-0.1, -0.05) is 31.0 Å². The number of carbonyl (C=O) groups excluding carboxylic acids is 2. The molecule has 2 aliphatic carbocycles. The van der Waals surface area contributed by atoms with Crippen molar-refractivity contribution in [3.63, 3.8) is 0 Å². The van der Waals surface area contributed by atoms with E-state index < -0.39 is 5.41 Å². The van der Waals surface area contributed by atoms with Crippen molar-refractivity contribution in [2.75, 3.05) is 0 Å². The largest absolute Gasteiger partial charge is 0.299 e. The molecule has 3 rings (SSSR count). The average molecular weight is 354 g/mol. The summed E-state index contributed by atoms with van der Waals surface area (Å²) in [6.07, 6.45) is 4.03. The molecule has 0 aliphatic heterocycles. The summed E-state index contributed by atoms with van der Waals surface area (Å²) in [6, 6.07) is 7.92. The van der Waals surface area contributed by atoms with Crippen LogP contribution < -0.4 is 0 Å². The van der Waals surface area contributed by atoms with Crippen LogP contribution in [0.4, 0.5) is 0 Å². The molecule has 0 amide bonds. The Labute approximate surface area is 120 Å². The van der Waals surface area contributed by atoms with Crippen LogP contribution in [-0.2, 0) is 9.59 Å². The monoisotopic (exact) mass is 354 g/mol. The maximum atomic E-state index is 12.7. The van der Waals surface area contributed by atoms with E-state index in [2.05, 4.69) is 22.6 Å². The number of Topliss-reactive ketones (excluding diaryl/α,β-unsaturated/α-hetero) is 2. The lowest BCUT2D eigenvalue weighted by Gasteiger charge is -2.19. The first-order valence-electron chi connectivity index (χ1n) is 6.47. The fourth-order valence-electron chi connectivity index (χ4n) is 3.46. The van der Waals surface area contributed by atoms with Crippen molar-refractivity contribution in [2.45, 2.75) is 38.0 Å². The van der Waals surface area contributed by atoms with E-state index in [1.165, 1.54) is 0 Å². The third kappa shape index (κ3) is 1.67. The van der Waals surface area contributed by atoms with Crippen molar-refractivity contribution in [2.24, 2.45) is 5.41 Å². The second-order valence-electron chi connectivity index (χ2n) is 5.35. The Hall–Kier alpha value is -0.710. The van der Waals surface area contributed by atoms with Gasteiger partial charge >= 0.3 is 0 Å². The third-order valence-corrected chi connectivity index (χ3v) is 5.43. The van der Waals surface area contributed by atoms with E-state index in [0.29, 0.717) is 6.42 Å². The molecule has 0 N–H and O–H groups in total. The van der Waals surface area contributed by atoms with Crippen LogP contribution in [0.15, 0.2) is 24.3 Å². The van der Waals surface area contributed by atoms with Crippen LogP contribution in [0.25, 0.3) is 0 Å². The highest BCUT2D eigenvalue weighted by Crippen LogP contribution is 2.50. The van der Waals surface area contributed by atoms with E-state index in [1.807, 2.05) is 24.3 Å². The summed E-state index contributed by atoms with van der Waals surface area (Å²) in [5.41, 5.74) is 0.434. The number of hydrogen-bond donors (Lipinski definition) is 0. The van der Waals surface area contributed by atoms with Crippen molar-refractivity contribution < 1.29 is 9.59 Å². The van der Waals surface area contributed by atoms with Gasteiger partial charge in [0.1, 0.15) is 5.78 Å². The molecule has 0 bridgehead atoms. The van der Waals surface area contributed by atoms with E-state index in [0.717, 1.165) is 34.8 Å². The summed E-state index contributed by atoms with van der Waals surface area (Å²) in [5.74, 6) is 0.187. The summed E-state index contributed by atoms with van der Waals surface area (Å²) >= 11 is 2.26. The fraction of sp³-hybridized carbons (Fsp3) is 0.467. The highest BCUT2D eigenvalue weighted by atomic mass is 127. The molecule has 2 saturated carbocycles. The van der Waals surface area contributed by atoms with Crippen LogP contribution in [0.1, 0.15) is 43.6 Å². The van der Waals surface area contributed by atoms with E-state index >= 15 is 0 Å². The van der Waals surface area contributed by atoms with Gasteiger partial charge in [0.2, 0.25) is 0 Å². The van der Waals surface area contributed by atoms with Crippen LogP contribution in [0.5, 0.6) is 0 Å². The lowest BCUT2D eigenvalue weighted by Crippen LogP contribution is -2.30. The Morgan fingerprint density at radius 3 is 2.44 bits per heavy atom. The zero-order valence-electron chi connectivity index (χ0n) is 10.1. The topological polar surface area (TPSA) is 34.1 Å². The first-order valence-corrected chi connectivity index (χ1v) is 7.55. The number of hydrogen-bond acceptors (Lipinski definition) is 2. The average Bonchev–Trinajstić information content (AvgIpc) is 2.94. The Bertz CT molecular complexity index is 515. The number of benzene rings is 1. The molecule has 0 aromatic heterocycles. The Morgan fingerprint density at radius 2 is 1.78 bits per heavy atom. The van der Waals surface area contributed by atoms with Gasteiger partial charge in [0, 0.05) is 9.99 Å². The van der Waals surface area contributed by atoms with E-state index in [4.69, 9.17) is 0 Å². The molecule has 18 heavy (non-hydrogen) atoms. The molecule has 1 unspecified atom stereocenters. The minimum atomic E-state index is -0.608. The SMILES string of the molecule is O=C1CC(c2ccccc2I)C(=O)C12CCCC2. The second-order valence-corrected chi connectivity index (χ2v) is 6.52. The van der Waals surface area contributed by atoms with Gasteiger partial charge < -0.3 is 0 Å². The van der Waals surface area contributed by atoms with Gasteiger partial charge in [-0.2, -0.15) is 0 Å². The van der Waals surface area contributed by atoms with Crippen molar-refractivity contribution in [3.05, 3.63) is 33.4 Å². The molecule has 3 heteroatoms. The molecular weight excluding hydrogens is 339 g/mol. The Kier molecular flexibility index (Phi) is 3.04. The van der Waals surface area contributed by atoms with E-state index in [-0.39, 0.29) is 17.5 Å². The molecule has 1 aromatic rings. The highest BCUT2D eigenvalue weighted by Gasteiger charge is 2.55. The summed E-state index contributed by atoms with van der Waals surface area (Å²) in [4.78, 5) is 24.9. The third-order valence-electron chi connectivity index (χ3n) is 4.45. The maximum Gasteiger partial charge on any atom is 0.154 e. The molecule has 1 aromatic carbocycles. The highest BCUT2D eigenvalue weighted by molar-refractivity contribution is 14.1. The molecular formula is C15H15IO2. The Morgan fingerprint density at radius 1 is 1.11 bits per heavy atom. The van der Waals surface area contributed by atoms with Gasteiger partial charge in [0.15, 0.2) is 5.78 Å². The number of rotatable bonds is 1. The number of ketones is 2. The van der Waals surface area contributed by atoms with Crippen molar-refractivity contribution >= 4 is 34.2 Å². The van der Waals surface area contributed by atoms with E-state index in [9.17, 15) is 9.59 Å². The van der Waals surface area contributed by atoms with Crippen LogP contribution in [0.3, 0.4) is 0 Å². The summed E-state index contributed by atoms with van der Waals surface area (Å²) in [6.45, 7) is 0. The first kappa shape index (κ1) is 12.3. The van der Waals surface area contributed by atoms with E-state index in [1.54, 1.807) is 0 Å². The molecule has 2 aliphatic rings. The predicted octanol–water partition coefficient (Wildman–Crippen LogP) is 3.48. The molecule has 0 radical (unpaired) electrons. The van der Waals surface area contributed by atoms with Crippen LogP contribution in [-0.4, -0.2) is 11.6 Å². The predicted molar refractivity (Wildman–Crippen MR) is 77.4 cm³/mol. The van der Waals surface area contributed by atoms with Gasteiger partial charge in [-0.3, -0.25) is 9.59 Å². The molecule has 2 nitrogen and oxygen atoms in total. The van der Waals surface area contributed by atoms with Crippen LogP contribution in [0, 0.1) is 8.99 Å². The van der Waals surface area contributed by atoms with Gasteiger partial charge in [0.25, 0.3) is 0 Å². The smallest absolute Gasteiger partial charge is 0.154 e. The van der Waals surface area contributed by atoms with Gasteiger partial charge in [0.05, 0.1) is 11.3 Å². The van der Waals surface area contributed by atoms with Gasteiger partial charge in [-0.25, -0.2) is 0 Å². The quantitative estimate of drug-likeness (QED) is 0.572. The molecule has 0 saturated heterocycles. The van der Waals surface area contributed by atoms with Gasteiger partial charge in [-0.15, -0.1) is 0 Å². The minimum absolute atomic E-state index is 0.189. The molecule has 1 spiro atoms. The van der Waals surface area contributed by atoms with Gasteiger partial charge in [-0.05, 0) is 47.1 Å². The number of halogens is 1. The van der Waals surface area contributed by atoms with Crippen LogP contribution >= 0.6 is 22.6 Å². The maximum absolute atomic E-state index is 12.7. The van der Waals surface area contributed by atoms with Crippen LogP contribution in [0.2, 0.25) is 0 Å². The summed E-state index contributed by atoms with van der Waals surface area (Å²) in [7, 11) is 0. The summed E-state index contributed by atoms with van der Waals surface area (Å²) in [5, 5.41) is 0.